The van der Waals surface area contributed by atoms with Gasteiger partial charge < -0.3 is 15.2 Å². The Morgan fingerprint density at radius 2 is 1.88 bits per heavy atom. The van der Waals surface area contributed by atoms with E-state index in [9.17, 15) is 19.5 Å². The zero-order valence-corrected chi connectivity index (χ0v) is 14.6. The molecule has 2 heterocycles. The molecule has 0 radical (unpaired) electrons. The Hall–Kier alpha value is -2.41. The summed E-state index contributed by atoms with van der Waals surface area (Å²) in [5.41, 5.74) is -0.315. The van der Waals surface area contributed by atoms with Crippen LogP contribution in [-0.4, -0.2) is 47.0 Å². The molecule has 0 saturated carbocycles. The van der Waals surface area contributed by atoms with Crippen molar-refractivity contribution in [1.29, 1.82) is 0 Å². The van der Waals surface area contributed by atoms with Gasteiger partial charge in [0.2, 0.25) is 17.4 Å². The molecule has 1 aromatic carbocycles. The molecule has 0 aliphatic carbocycles. The van der Waals surface area contributed by atoms with E-state index in [1.807, 2.05) is 12.2 Å². The minimum atomic E-state index is -1.11. The van der Waals surface area contributed by atoms with E-state index in [0.717, 1.165) is 10.5 Å². The molecule has 0 aromatic heterocycles. The van der Waals surface area contributed by atoms with Crippen molar-refractivity contribution in [2.45, 2.75) is 31.8 Å². The lowest BCUT2D eigenvalue weighted by molar-refractivity contribution is -0.734. The monoisotopic (exact) mass is 347 g/mol. The number of phenolic OH excluding ortho intramolecular Hbond substituents is 1. The lowest BCUT2D eigenvalue weighted by Gasteiger charge is -2.28. The summed E-state index contributed by atoms with van der Waals surface area (Å²) in [5, 5.41) is 11.3. The van der Waals surface area contributed by atoms with Gasteiger partial charge in [0.25, 0.3) is 0 Å². The van der Waals surface area contributed by atoms with E-state index in [1.54, 1.807) is 31.2 Å². The number of benzene rings is 1. The molecule has 3 N–H and O–H groups in total. The van der Waals surface area contributed by atoms with Crippen LogP contribution in [0.15, 0.2) is 24.3 Å². The molecule has 0 spiro atoms. The van der Waals surface area contributed by atoms with E-state index in [2.05, 4.69) is 0 Å². The molecule has 2 saturated heterocycles. The van der Waals surface area contributed by atoms with Gasteiger partial charge in [-0.25, -0.2) is 4.79 Å². The van der Waals surface area contributed by atoms with E-state index in [-0.39, 0.29) is 30.2 Å². The molecule has 2 amide bonds. The lowest BCUT2D eigenvalue weighted by Crippen LogP contribution is -2.98. The highest BCUT2D eigenvalue weighted by Gasteiger charge is 2.71. The van der Waals surface area contributed by atoms with Crippen LogP contribution in [0, 0.1) is 11.8 Å². The van der Waals surface area contributed by atoms with Crippen LogP contribution in [0.4, 0.5) is 0 Å². The number of likely N-dealkylation sites (tertiary alicyclic amines) is 1. The third-order valence-electron chi connectivity index (χ3n) is 5.51. The van der Waals surface area contributed by atoms with E-state index in [1.165, 1.54) is 7.05 Å². The Kier molecular flexibility index (Phi) is 4.28. The number of ether oxygens (including phenoxy) is 1. The fourth-order valence-corrected chi connectivity index (χ4v) is 4.21. The van der Waals surface area contributed by atoms with Gasteiger partial charge in [-0.15, -0.1) is 0 Å². The Labute approximate surface area is 146 Å². The van der Waals surface area contributed by atoms with Crippen LogP contribution < -0.4 is 5.32 Å². The smallest absolute Gasteiger partial charge is 0.368 e. The zero-order valence-electron chi connectivity index (χ0n) is 14.6. The number of nitrogens with two attached hydrogens (primary N) is 1. The molecular weight excluding hydrogens is 324 g/mol. The SMILES string of the molecule is CCOC(=O)[C@@]1(CC)[NH2+][C@@H](c2ccc(O)cc2)[C@H]2C(=O)N(C)C(=O)[C@H]21. The second kappa shape index (κ2) is 6.15. The van der Waals surface area contributed by atoms with Gasteiger partial charge >= 0.3 is 5.97 Å². The average Bonchev–Trinajstić information content (AvgIpc) is 3.06. The van der Waals surface area contributed by atoms with Crippen molar-refractivity contribution in [2.75, 3.05) is 13.7 Å². The van der Waals surface area contributed by atoms with Gasteiger partial charge in [0.1, 0.15) is 23.6 Å². The standard InChI is InChI=1S/C18H22N2O5/c1-4-18(17(24)25-5-2)13-12(15(22)20(3)16(13)23)14(19-18)10-6-8-11(21)9-7-10/h6-9,12-14,19,21H,4-5H2,1-3H3/p+1/t12-,13-,14-,18-/m0/s1. The number of esters is 1. The number of hydrogen-bond acceptors (Lipinski definition) is 5. The van der Waals surface area contributed by atoms with Crippen LogP contribution in [0.3, 0.4) is 0 Å². The van der Waals surface area contributed by atoms with Crippen molar-refractivity contribution in [1.82, 2.24) is 4.90 Å². The fraction of sp³-hybridized carbons (Fsp3) is 0.500. The second-order valence-electron chi connectivity index (χ2n) is 6.64. The normalized spacial score (nSPS) is 31.3. The predicted octanol–water partition coefficient (Wildman–Crippen LogP) is -0.0468. The van der Waals surface area contributed by atoms with E-state index >= 15 is 0 Å². The summed E-state index contributed by atoms with van der Waals surface area (Å²) in [7, 11) is 1.46. The lowest BCUT2D eigenvalue weighted by atomic mass is 9.78. The molecule has 0 unspecified atom stereocenters. The summed E-state index contributed by atoms with van der Waals surface area (Å²) in [6, 6.07) is 6.15. The Morgan fingerprint density at radius 1 is 1.24 bits per heavy atom. The number of phenols is 1. The van der Waals surface area contributed by atoms with Crippen molar-refractivity contribution in [2.24, 2.45) is 11.8 Å². The highest BCUT2D eigenvalue weighted by Crippen LogP contribution is 2.45. The van der Waals surface area contributed by atoms with Crippen molar-refractivity contribution in [3.05, 3.63) is 29.8 Å². The third-order valence-corrected chi connectivity index (χ3v) is 5.51. The number of fused-ring (bicyclic) bond motifs is 1. The van der Waals surface area contributed by atoms with Gasteiger partial charge in [0.15, 0.2) is 0 Å². The number of rotatable bonds is 4. The molecule has 7 nitrogen and oxygen atoms in total. The van der Waals surface area contributed by atoms with Gasteiger partial charge in [0, 0.05) is 19.0 Å². The molecule has 4 atom stereocenters. The topological polar surface area (TPSA) is 101 Å². The highest BCUT2D eigenvalue weighted by molar-refractivity contribution is 6.08. The first-order chi connectivity index (χ1) is 11.9. The maximum absolute atomic E-state index is 12.8. The quantitative estimate of drug-likeness (QED) is 0.588. The summed E-state index contributed by atoms with van der Waals surface area (Å²) in [4.78, 5) is 39.3. The summed E-state index contributed by atoms with van der Waals surface area (Å²) in [6.07, 6.45) is 0.383. The van der Waals surface area contributed by atoms with Crippen LogP contribution in [-0.2, 0) is 19.1 Å². The van der Waals surface area contributed by atoms with Gasteiger partial charge in [-0.1, -0.05) is 6.92 Å². The van der Waals surface area contributed by atoms with Crippen molar-refractivity contribution in [3.8, 4) is 5.75 Å². The molecule has 3 rings (SSSR count). The first-order valence-corrected chi connectivity index (χ1v) is 8.51. The van der Waals surface area contributed by atoms with Crippen LogP contribution in [0.5, 0.6) is 5.75 Å². The largest absolute Gasteiger partial charge is 0.508 e. The zero-order chi connectivity index (χ0) is 18.4. The summed E-state index contributed by atoms with van der Waals surface area (Å²) < 4.78 is 5.26. The van der Waals surface area contributed by atoms with Crippen molar-refractivity contribution >= 4 is 17.8 Å². The predicted molar refractivity (Wildman–Crippen MR) is 87.2 cm³/mol. The number of carbonyl (C=O) groups excluding carboxylic acids is 3. The van der Waals surface area contributed by atoms with Gasteiger partial charge in [-0.2, -0.15) is 0 Å². The summed E-state index contributed by atoms with van der Waals surface area (Å²) in [5.74, 6) is -2.30. The van der Waals surface area contributed by atoms with Crippen LogP contribution in [0.1, 0.15) is 31.9 Å². The molecule has 7 heteroatoms. The highest BCUT2D eigenvalue weighted by atomic mass is 16.5. The minimum absolute atomic E-state index is 0.122. The van der Waals surface area contributed by atoms with Gasteiger partial charge in [-0.3, -0.25) is 14.5 Å². The molecule has 25 heavy (non-hydrogen) atoms. The Bertz CT molecular complexity index is 717. The number of quaternary nitrogens is 1. The first-order valence-electron chi connectivity index (χ1n) is 8.51. The molecule has 2 fully saturated rings. The number of nitrogens with zero attached hydrogens (tertiary/aromatic N) is 1. The van der Waals surface area contributed by atoms with Gasteiger partial charge in [-0.05, 0) is 31.2 Å². The molecule has 134 valence electrons. The maximum Gasteiger partial charge on any atom is 0.368 e. The summed E-state index contributed by atoms with van der Waals surface area (Å²) in [6.45, 7) is 3.77. The minimum Gasteiger partial charge on any atom is -0.508 e. The number of amides is 2. The van der Waals surface area contributed by atoms with Crippen molar-refractivity contribution in [3.63, 3.8) is 0 Å². The maximum atomic E-state index is 12.8. The van der Waals surface area contributed by atoms with E-state index in [0.29, 0.717) is 6.42 Å². The van der Waals surface area contributed by atoms with Crippen molar-refractivity contribution < 1.29 is 29.5 Å². The molecule has 0 bridgehead atoms. The average molecular weight is 347 g/mol. The number of hydrogen-bond donors (Lipinski definition) is 2. The van der Waals surface area contributed by atoms with E-state index < -0.39 is 23.3 Å². The molecule has 1 aromatic rings. The summed E-state index contributed by atoms with van der Waals surface area (Å²) >= 11 is 0. The van der Waals surface area contributed by atoms with Crippen LogP contribution in [0.2, 0.25) is 0 Å². The molecule has 2 aliphatic rings. The fourth-order valence-electron chi connectivity index (χ4n) is 4.21. The Balaban J connectivity index is 2.10. The Morgan fingerprint density at radius 3 is 2.44 bits per heavy atom. The second-order valence-corrected chi connectivity index (χ2v) is 6.64. The van der Waals surface area contributed by atoms with Gasteiger partial charge in [0.05, 0.1) is 6.61 Å². The number of aromatic hydroxyl groups is 1. The third kappa shape index (κ3) is 2.41. The molecule has 2 aliphatic heterocycles. The van der Waals surface area contributed by atoms with Crippen LogP contribution >= 0.6 is 0 Å². The number of carbonyl (C=O) groups is 3. The molecular formula is C18H23N2O5+. The number of imide groups is 1. The van der Waals surface area contributed by atoms with Crippen LogP contribution in [0.25, 0.3) is 0 Å². The van der Waals surface area contributed by atoms with E-state index in [4.69, 9.17) is 4.74 Å². The first kappa shape index (κ1) is 17.4.